The zero-order valence-electron chi connectivity index (χ0n) is 26.4. The third kappa shape index (κ3) is 10.3. The Morgan fingerprint density at radius 2 is 1.27 bits per heavy atom. The number of nitrogens with one attached hydrogen (secondary N) is 1. The standard InChI is InChI=1S/C18H19N2O7P.C15H13NO5/c1-13(21)15-4-6-16(7-5-15)27-18-11-14(3-8-17(18)20(22)23)12-26-28(24)19-9-2-10-25-28;1-10(18)12-3-5-13(6-4-12)21-15-8-11(9-17)2-7-14(15)16(19)20/h3-8,11H,2,9-10,12H2,1H3,(H,19,24);2-8,17H,9H2,1H3. The minimum atomic E-state index is -3.36. The van der Waals surface area contributed by atoms with Crippen LogP contribution in [0.3, 0.4) is 0 Å². The summed E-state index contributed by atoms with van der Waals surface area (Å²) in [5.41, 5.74) is 1.67. The number of hydrogen-bond acceptors (Lipinski definition) is 12. The van der Waals surface area contributed by atoms with Gasteiger partial charge in [0.05, 0.1) is 29.7 Å². The minimum Gasteiger partial charge on any atom is -0.450 e. The van der Waals surface area contributed by atoms with Crippen LogP contribution < -0.4 is 14.6 Å². The molecule has 0 spiro atoms. The van der Waals surface area contributed by atoms with E-state index < -0.39 is 17.6 Å². The van der Waals surface area contributed by atoms with Crippen LogP contribution in [0.1, 0.15) is 52.1 Å². The number of hydrogen-bond donors (Lipinski definition) is 2. The topological polar surface area (TPSA) is 207 Å². The van der Waals surface area contributed by atoms with E-state index in [-0.39, 0.29) is 47.7 Å². The van der Waals surface area contributed by atoms with Crippen molar-refractivity contribution in [2.75, 3.05) is 13.2 Å². The molecule has 0 saturated carbocycles. The lowest BCUT2D eigenvalue weighted by Crippen LogP contribution is -2.22. The van der Waals surface area contributed by atoms with Crippen molar-refractivity contribution in [3.8, 4) is 23.0 Å². The number of aliphatic hydroxyl groups excluding tert-OH is 1. The number of nitro groups is 2. The monoisotopic (exact) mass is 693 g/mol. The van der Waals surface area contributed by atoms with E-state index in [1.807, 2.05) is 0 Å². The first kappa shape index (κ1) is 36.5. The fourth-order valence-electron chi connectivity index (χ4n) is 4.30. The summed E-state index contributed by atoms with van der Waals surface area (Å²) in [6.45, 7) is 3.46. The number of carbonyl (C=O) groups is 2. The number of benzene rings is 4. The number of carbonyl (C=O) groups excluding carboxylic acids is 2. The van der Waals surface area contributed by atoms with Crippen molar-refractivity contribution in [2.45, 2.75) is 33.5 Å². The van der Waals surface area contributed by atoms with Crippen molar-refractivity contribution >= 4 is 30.7 Å². The Labute approximate surface area is 280 Å². The minimum absolute atomic E-state index is 0.0116. The maximum Gasteiger partial charge on any atom is 0.405 e. The largest absolute Gasteiger partial charge is 0.450 e. The van der Waals surface area contributed by atoms with Crippen LogP contribution >= 0.6 is 7.75 Å². The van der Waals surface area contributed by atoms with Gasteiger partial charge in [-0.3, -0.25) is 38.9 Å². The van der Waals surface area contributed by atoms with Gasteiger partial charge in [-0.05, 0) is 104 Å². The fraction of sp³-hybridized carbons (Fsp3) is 0.212. The van der Waals surface area contributed by atoms with Gasteiger partial charge in [-0.15, -0.1) is 0 Å². The SMILES string of the molecule is CC(=O)c1ccc(Oc2cc(CO)ccc2[N+](=O)[O-])cc1.CC(=O)c1ccc(Oc2cc(COP3(=O)NCCCO3)ccc2[N+](=O)[O-])cc1. The highest BCUT2D eigenvalue weighted by Gasteiger charge is 2.28. The van der Waals surface area contributed by atoms with Crippen LogP contribution in [0.2, 0.25) is 0 Å². The van der Waals surface area contributed by atoms with Crippen LogP contribution in [0, 0.1) is 20.2 Å². The zero-order valence-corrected chi connectivity index (χ0v) is 27.3. The molecule has 0 radical (unpaired) electrons. The van der Waals surface area contributed by atoms with Crippen LogP contribution in [-0.4, -0.2) is 39.7 Å². The molecule has 0 aromatic heterocycles. The van der Waals surface area contributed by atoms with E-state index in [1.54, 1.807) is 48.5 Å². The highest BCUT2D eigenvalue weighted by Crippen LogP contribution is 2.46. The smallest absolute Gasteiger partial charge is 0.405 e. The quantitative estimate of drug-likeness (QED) is 0.0647. The van der Waals surface area contributed by atoms with Gasteiger partial charge in [0.2, 0.25) is 11.5 Å². The van der Waals surface area contributed by atoms with Crippen molar-refractivity contribution < 1.29 is 47.6 Å². The summed E-state index contributed by atoms with van der Waals surface area (Å²) < 4.78 is 34.0. The molecule has 1 fully saturated rings. The van der Waals surface area contributed by atoms with Crippen molar-refractivity contribution in [1.29, 1.82) is 0 Å². The molecule has 15 nitrogen and oxygen atoms in total. The van der Waals surface area contributed by atoms with Gasteiger partial charge in [0, 0.05) is 29.8 Å². The lowest BCUT2D eigenvalue weighted by molar-refractivity contribution is -0.385. The molecule has 0 bridgehead atoms. The Bertz CT molecular complexity index is 1870. The molecular weight excluding hydrogens is 661 g/mol. The van der Waals surface area contributed by atoms with E-state index >= 15 is 0 Å². The highest BCUT2D eigenvalue weighted by molar-refractivity contribution is 7.51. The Morgan fingerprint density at radius 3 is 1.67 bits per heavy atom. The van der Waals surface area contributed by atoms with Crippen molar-refractivity contribution in [3.05, 3.63) is 127 Å². The molecule has 4 aromatic rings. The predicted octanol–water partition coefficient (Wildman–Crippen LogP) is 7.31. The lowest BCUT2D eigenvalue weighted by Gasteiger charge is -2.23. The van der Waals surface area contributed by atoms with Gasteiger partial charge in [-0.1, -0.05) is 0 Å². The predicted molar refractivity (Wildman–Crippen MR) is 176 cm³/mol. The Balaban J connectivity index is 0.000000230. The third-order valence-corrected chi connectivity index (χ3v) is 8.49. The number of nitrogens with zero attached hydrogens (tertiary/aromatic N) is 2. The molecular formula is C33H32N3O12P. The molecule has 1 heterocycles. The Morgan fingerprint density at radius 1 is 0.796 bits per heavy atom. The summed E-state index contributed by atoms with van der Waals surface area (Å²) in [4.78, 5) is 43.7. The highest BCUT2D eigenvalue weighted by atomic mass is 31.2. The van der Waals surface area contributed by atoms with Gasteiger partial charge in [-0.2, -0.15) is 0 Å². The first-order chi connectivity index (χ1) is 23.4. The second kappa shape index (κ2) is 16.7. The maximum atomic E-state index is 12.3. The Hall–Kier alpha value is -5.31. The number of ether oxygens (including phenoxy) is 2. The average Bonchev–Trinajstić information content (AvgIpc) is 3.08. The van der Waals surface area contributed by atoms with Gasteiger partial charge in [0.15, 0.2) is 11.6 Å². The van der Waals surface area contributed by atoms with Gasteiger partial charge >= 0.3 is 19.1 Å². The third-order valence-electron chi connectivity index (χ3n) is 6.89. The van der Waals surface area contributed by atoms with Crippen LogP contribution in [0.5, 0.6) is 23.0 Å². The van der Waals surface area contributed by atoms with E-state index in [9.17, 15) is 34.4 Å². The summed E-state index contributed by atoms with van der Waals surface area (Å²) in [7, 11) is -3.36. The summed E-state index contributed by atoms with van der Waals surface area (Å²) in [6.07, 6.45) is 0.741. The molecule has 1 atom stereocenters. The molecule has 0 aliphatic carbocycles. The zero-order chi connectivity index (χ0) is 35.6. The van der Waals surface area contributed by atoms with Crippen LogP contribution in [0.25, 0.3) is 0 Å². The molecule has 1 aliphatic rings. The van der Waals surface area contributed by atoms with Crippen LogP contribution in [-0.2, 0) is 26.8 Å². The maximum absolute atomic E-state index is 12.3. The second-order valence-electron chi connectivity index (χ2n) is 10.5. The molecule has 2 N–H and O–H groups in total. The summed E-state index contributed by atoms with van der Waals surface area (Å²) in [5.74, 6) is 0.605. The summed E-state index contributed by atoms with van der Waals surface area (Å²) >= 11 is 0. The lowest BCUT2D eigenvalue weighted by atomic mass is 10.1. The van der Waals surface area contributed by atoms with E-state index in [0.717, 1.165) is 6.42 Å². The first-order valence-electron chi connectivity index (χ1n) is 14.7. The number of aliphatic hydroxyl groups is 1. The molecule has 0 amide bonds. The number of nitro benzene ring substituents is 2. The molecule has 1 unspecified atom stereocenters. The van der Waals surface area contributed by atoms with E-state index in [1.165, 1.54) is 50.2 Å². The van der Waals surface area contributed by atoms with E-state index in [2.05, 4.69) is 5.09 Å². The average molecular weight is 694 g/mol. The van der Waals surface area contributed by atoms with Gasteiger partial charge in [-0.25, -0.2) is 9.65 Å². The molecule has 4 aromatic carbocycles. The number of ketones is 2. The van der Waals surface area contributed by atoms with Crippen molar-refractivity contribution in [3.63, 3.8) is 0 Å². The second-order valence-corrected chi connectivity index (χ2v) is 12.3. The molecule has 256 valence electrons. The first-order valence-corrected chi connectivity index (χ1v) is 16.3. The number of Topliss-reactive ketones (excluding diaryl/α,β-unsaturated/α-hetero) is 2. The summed E-state index contributed by atoms with van der Waals surface area (Å²) in [5, 5.41) is 34.1. The molecule has 1 saturated heterocycles. The van der Waals surface area contributed by atoms with Gasteiger partial charge in [0.25, 0.3) is 0 Å². The molecule has 49 heavy (non-hydrogen) atoms. The normalized spacial score (nSPS) is 15.3. The van der Waals surface area contributed by atoms with E-state index in [4.69, 9.17) is 23.6 Å². The van der Waals surface area contributed by atoms with Gasteiger partial charge < -0.3 is 14.6 Å². The van der Waals surface area contributed by atoms with Crippen molar-refractivity contribution in [2.24, 2.45) is 0 Å². The Kier molecular flexibility index (Phi) is 12.4. The van der Waals surface area contributed by atoms with E-state index in [0.29, 0.717) is 46.9 Å². The fourth-order valence-corrected chi connectivity index (χ4v) is 5.68. The van der Waals surface area contributed by atoms with Crippen LogP contribution in [0.4, 0.5) is 11.4 Å². The summed E-state index contributed by atoms with van der Waals surface area (Å²) in [6, 6.07) is 21.0. The molecule has 1 aliphatic heterocycles. The van der Waals surface area contributed by atoms with Crippen LogP contribution in [0.15, 0.2) is 84.9 Å². The van der Waals surface area contributed by atoms with Crippen molar-refractivity contribution in [1.82, 2.24) is 5.09 Å². The molecule has 5 rings (SSSR count). The molecule has 16 heteroatoms. The number of rotatable bonds is 12. The van der Waals surface area contributed by atoms with Gasteiger partial charge in [0.1, 0.15) is 11.5 Å².